The lowest BCUT2D eigenvalue weighted by Gasteiger charge is -2.34. The lowest BCUT2D eigenvalue weighted by molar-refractivity contribution is 0.0697. The van der Waals surface area contributed by atoms with Gasteiger partial charge in [-0.15, -0.1) is 0 Å². The molecule has 0 saturated carbocycles. The van der Waals surface area contributed by atoms with E-state index in [0.717, 1.165) is 12.0 Å². The van der Waals surface area contributed by atoms with Crippen LogP contribution in [0.15, 0.2) is 53.7 Å². The van der Waals surface area contributed by atoms with Crippen molar-refractivity contribution in [3.05, 3.63) is 59.9 Å². The molecule has 0 atom stereocenters. The van der Waals surface area contributed by atoms with E-state index in [4.69, 9.17) is 0 Å². The van der Waals surface area contributed by atoms with E-state index >= 15 is 0 Å². The zero-order valence-corrected chi connectivity index (χ0v) is 16.5. The van der Waals surface area contributed by atoms with Gasteiger partial charge in [0.25, 0.3) is 5.91 Å². The Labute approximate surface area is 160 Å². The molecule has 1 fully saturated rings. The third kappa shape index (κ3) is 4.54. The van der Waals surface area contributed by atoms with Crippen LogP contribution in [0.25, 0.3) is 0 Å². The van der Waals surface area contributed by atoms with Gasteiger partial charge in [-0.25, -0.2) is 8.42 Å². The predicted molar refractivity (Wildman–Crippen MR) is 104 cm³/mol. The van der Waals surface area contributed by atoms with Crippen molar-refractivity contribution in [2.75, 3.05) is 26.2 Å². The largest absolute Gasteiger partial charge is 0.336 e. The molecule has 0 N–H and O–H groups in total. The number of pyridine rings is 1. The summed E-state index contributed by atoms with van der Waals surface area (Å²) in [6.07, 6.45) is 4.08. The third-order valence-electron chi connectivity index (χ3n) is 4.64. The first-order valence-corrected chi connectivity index (χ1v) is 10.6. The highest BCUT2D eigenvalue weighted by atomic mass is 32.2. The summed E-state index contributed by atoms with van der Waals surface area (Å²) in [5.41, 5.74) is 1.66. The van der Waals surface area contributed by atoms with Crippen LogP contribution in [0.5, 0.6) is 0 Å². The molecule has 1 saturated heterocycles. The van der Waals surface area contributed by atoms with Crippen LogP contribution in [-0.2, 0) is 16.4 Å². The number of amides is 1. The highest BCUT2D eigenvalue weighted by Gasteiger charge is 2.30. The Morgan fingerprint density at radius 3 is 2.30 bits per heavy atom. The van der Waals surface area contributed by atoms with Crippen LogP contribution >= 0.6 is 0 Å². The number of nitrogens with zero attached hydrogens (tertiary/aromatic N) is 3. The average Bonchev–Trinajstić information content (AvgIpc) is 2.68. The summed E-state index contributed by atoms with van der Waals surface area (Å²) in [7, 11) is -3.54. The molecule has 2 aromatic rings. The zero-order valence-electron chi connectivity index (χ0n) is 15.7. The first kappa shape index (κ1) is 19.5. The Morgan fingerprint density at radius 1 is 1.07 bits per heavy atom. The summed E-state index contributed by atoms with van der Waals surface area (Å²) in [5, 5.41) is 0. The number of rotatable bonds is 5. The monoisotopic (exact) mass is 387 g/mol. The number of sulfonamides is 1. The van der Waals surface area contributed by atoms with E-state index in [2.05, 4.69) is 18.8 Å². The first-order valence-electron chi connectivity index (χ1n) is 9.16. The molecule has 1 aliphatic rings. The maximum Gasteiger partial charge on any atom is 0.255 e. The summed E-state index contributed by atoms with van der Waals surface area (Å²) in [4.78, 5) is 18.4. The topological polar surface area (TPSA) is 70.6 Å². The molecule has 0 aliphatic carbocycles. The smallest absolute Gasteiger partial charge is 0.255 e. The standard InChI is InChI=1S/C20H25N3O3S/c1-16(2)14-17-5-7-19(8-6-17)27(25,26)23-12-10-22(11-13-23)20(24)18-4-3-9-21-15-18/h3-9,15-16H,10-14H2,1-2H3. The lowest BCUT2D eigenvalue weighted by Crippen LogP contribution is -2.50. The predicted octanol–water partition coefficient (Wildman–Crippen LogP) is 2.43. The van der Waals surface area contributed by atoms with Crippen LogP contribution in [0.4, 0.5) is 0 Å². The fourth-order valence-corrected chi connectivity index (χ4v) is 4.64. The van der Waals surface area contributed by atoms with Crippen LogP contribution < -0.4 is 0 Å². The van der Waals surface area contributed by atoms with Crippen LogP contribution in [-0.4, -0.2) is 54.7 Å². The summed E-state index contributed by atoms with van der Waals surface area (Å²) < 4.78 is 27.2. The quantitative estimate of drug-likeness (QED) is 0.790. The minimum atomic E-state index is -3.54. The number of hydrogen-bond donors (Lipinski definition) is 0. The molecule has 144 valence electrons. The number of aromatic nitrogens is 1. The van der Waals surface area contributed by atoms with Crippen LogP contribution in [0.3, 0.4) is 0 Å². The molecule has 1 aromatic heterocycles. The molecule has 0 unspecified atom stereocenters. The number of carbonyl (C=O) groups is 1. The van der Waals surface area contributed by atoms with Crippen molar-refractivity contribution in [1.82, 2.24) is 14.2 Å². The lowest BCUT2D eigenvalue weighted by atomic mass is 10.0. The second-order valence-electron chi connectivity index (χ2n) is 7.18. The van der Waals surface area contributed by atoms with Crippen molar-refractivity contribution >= 4 is 15.9 Å². The maximum atomic E-state index is 12.9. The second kappa shape index (κ2) is 8.19. The molecule has 0 bridgehead atoms. The Balaban J connectivity index is 1.65. The SMILES string of the molecule is CC(C)Cc1ccc(S(=O)(=O)N2CCN(C(=O)c3cccnc3)CC2)cc1. The molecular weight excluding hydrogens is 362 g/mol. The number of carbonyl (C=O) groups excluding carboxylic acids is 1. The van der Waals surface area contributed by atoms with E-state index in [1.54, 1.807) is 35.4 Å². The van der Waals surface area contributed by atoms with Crippen molar-refractivity contribution in [3.8, 4) is 0 Å². The number of piperazine rings is 1. The van der Waals surface area contributed by atoms with Gasteiger partial charge in [0.1, 0.15) is 0 Å². The second-order valence-corrected chi connectivity index (χ2v) is 9.12. The van der Waals surface area contributed by atoms with Gasteiger partial charge >= 0.3 is 0 Å². The van der Waals surface area contributed by atoms with Gasteiger partial charge in [0.05, 0.1) is 10.5 Å². The highest BCUT2D eigenvalue weighted by molar-refractivity contribution is 7.89. The highest BCUT2D eigenvalue weighted by Crippen LogP contribution is 2.20. The van der Waals surface area contributed by atoms with E-state index in [1.165, 1.54) is 10.5 Å². The summed E-state index contributed by atoms with van der Waals surface area (Å²) in [6.45, 7) is 5.61. The molecule has 0 radical (unpaired) electrons. The molecular formula is C20H25N3O3S. The van der Waals surface area contributed by atoms with E-state index < -0.39 is 10.0 Å². The van der Waals surface area contributed by atoms with E-state index in [1.807, 2.05) is 12.1 Å². The van der Waals surface area contributed by atoms with E-state index in [0.29, 0.717) is 42.6 Å². The first-order chi connectivity index (χ1) is 12.9. The van der Waals surface area contributed by atoms with Crippen molar-refractivity contribution < 1.29 is 13.2 Å². The minimum Gasteiger partial charge on any atom is -0.336 e. The molecule has 27 heavy (non-hydrogen) atoms. The summed E-state index contributed by atoms with van der Waals surface area (Å²) in [5.74, 6) is 0.413. The van der Waals surface area contributed by atoms with Crippen LogP contribution in [0, 0.1) is 5.92 Å². The average molecular weight is 388 g/mol. The van der Waals surface area contributed by atoms with Gasteiger partial charge in [0, 0.05) is 38.6 Å². The summed E-state index contributed by atoms with van der Waals surface area (Å²) >= 11 is 0. The van der Waals surface area contributed by atoms with E-state index in [9.17, 15) is 13.2 Å². The van der Waals surface area contributed by atoms with E-state index in [-0.39, 0.29) is 5.91 Å². The third-order valence-corrected chi connectivity index (χ3v) is 6.55. The zero-order chi connectivity index (χ0) is 19.4. The van der Waals surface area contributed by atoms with Crippen molar-refractivity contribution in [3.63, 3.8) is 0 Å². The van der Waals surface area contributed by atoms with Gasteiger partial charge in [-0.1, -0.05) is 26.0 Å². The van der Waals surface area contributed by atoms with Gasteiger partial charge in [-0.2, -0.15) is 4.31 Å². The van der Waals surface area contributed by atoms with Gasteiger partial charge in [0.2, 0.25) is 10.0 Å². The maximum absolute atomic E-state index is 12.9. The normalized spacial score (nSPS) is 15.9. The molecule has 7 heteroatoms. The van der Waals surface area contributed by atoms with Gasteiger partial charge in [-0.3, -0.25) is 9.78 Å². The molecule has 1 aromatic carbocycles. The van der Waals surface area contributed by atoms with Gasteiger partial charge in [-0.05, 0) is 42.2 Å². The Hall–Kier alpha value is -2.25. The fourth-order valence-electron chi connectivity index (χ4n) is 3.22. The Kier molecular flexibility index (Phi) is 5.92. The van der Waals surface area contributed by atoms with Crippen molar-refractivity contribution in [2.24, 2.45) is 5.92 Å². The van der Waals surface area contributed by atoms with Crippen LogP contribution in [0.1, 0.15) is 29.8 Å². The fraction of sp³-hybridized carbons (Fsp3) is 0.400. The molecule has 3 rings (SSSR count). The molecule has 2 heterocycles. The molecule has 6 nitrogen and oxygen atoms in total. The van der Waals surface area contributed by atoms with Crippen LogP contribution in [0.2, 0.25) is 0 Å². The number of benzene rings is 1. The Morgan fingerprint density at radius 2 is 1.74 bits per heavy atom. The summed E-state index contributed by atoms with van der Waals surface area (Å²) in [6, 6.07) is 10.6. The Bertz CT molecular complexity index is 872. The molecule has 1 amide bonds. The van der Waals surface area contributed by atoms with Gasteiger partial charge < -0.3 is 4.90 Å². The van der Waals surface area contributed by atoms with Crippen molar-refractivity contribution in [1.29, 1.82) is 0 Å². The van der Waals surface area contributed by atoms with Gasteiger partial charge in [0.15, 0.2) is 0 Å². The molecule has 1 aliphatic heterocycles. The number of hydrogen-bond acceptors (Lipinski definition) is 4. The minimum absolute atomic E-state index is 0.113. The molecule has 0 spiro atoms. The van der Waals surface area contributed by atoms with Crippen molar-refractivity contribution in [2.45, 2.75) is 25.2 Å².